The van der Waals surface area contributed by atoms with Crippen molar-refractivity contribution in [3.8, 4) is 0 Å². The minimum atomic E-state index is 0.393. The van der Waals surface area contributed by atoms with E-state index in [4.69, 9.17) is 16.3 Å². The number of benzene rings is 1. The predicted octanol–water partition coefficient (Wildman–Crippen LogP) is 3.31. The summed E-state index contributed by atoms with van der Waals surface area (Å²) >= 11 is 6.09. The fraction of sp³-hybridized carbons (Fsp3) is 0.571. The van der Waals surface area contributed by atoms with Crippen molar-refractivity contribution < 1.29 is 4.74 Å². The fourth-order valence-electron chi connectivity index (χ4n) is 2.09. The van der Waals surface area contributed by atoms with Gasteiger partial charge in [0.1, 0.15) is 0 Å². The Kier molecular flexibility index (Phi) is 4.84. The quantitative estimate of drug-likeness (QED) is 0.889. The molecule has 0 aromatic heterocycles. The zero-order valence-electron chi connectivity index (χ0n) is 10.3. The highest BCUT2D eigenvalue weighted by atomic mass is 35.5. The number of nitrogens with one attached hydrogen (secondary N) is 1. The van der Waals surface area contributed by atoms with Crippen molar-refractivity contribution in [2.75, 3.05) is 13.2 Å². The Morgan fingerprint density at radius 2 is 2.29 bits per heavy atom. The molecule has 1 atom stereocenters. The Morgan fingerprint density at radius 3 is 3.00 bits per heavy atom. The SMILES string of the molecule is Cc1ccc(CNCC2CCCCO2)cc1Cl. The van der Waals surface area contributed by atoms with Crippen LogP contribution in [0.1, 0.15) is 30.4 Å². The van der Waals surface area contributed by atoms with Crippen molar-refractivity contribution in [3.05, 3.63) is 34.3 Å². The summed E-state index contributed by atoms with van der Waals surface area (Å²) in [5.41, 5.74) is 2.36. The summed E-state index contributed by atoms with van der Waals surface area (Å²) in [4.78, 5) is 0. The van der Waals surface area contributed by atoms with E-state index in [2.05, 4.69) is 17.4 Å². The maximum Gasteiger partial charge on any atom is 0.0699 e. The van der Waals surface area contributed by atoms with Crippen LogP contribution in [0, 0.1) is 6.92 Å². The third-order valence-corrected chi connectivity index (χ3v) is 3.62. The van der Waals surface area contributed by atoms with Crippen LogP contribution in [0.4, 0.5) is 0 Å². The first-order valence-electron chi connectivity index (χ1n) is 6.33. The first-order valence-corrected chi connectivity index (χ1v) is 6.71. The summed E-state index contributed by atoms with van der Waals surface area (Å²) in [6.45, 7) is 4.74. The molecule has 0 bridgehead atoms. The van der Waals surface area contributed by atoms with Gasteiger partial charge in [0.05, 0.1) is 6.10 Å². The lowest BCUT2D eigenvalue weighted by Crippen LogP contribution is -2.31. The molecule has 0 saturated carbocycles. The van der Waals surface area contributed by atoms with Crippen molar-refractivity contribution in [2.45, 2.75) is 38.8 Å². The van der Waals surface area contributed by atoms with Crippen LogP contribution in [0.5, 0.6) is 0 Å². The van der Waals surface area contributed by atoms with Gasteiger partial charge in [0.25, 0.3) is 0 Å². The van der Waals surface area contributed by atoms with Crippen LogP contribution in [0.3, 0.4) is 0 Å². The van der Waals surface area contributed by atoms with Gasteiger partial charge in [-0.15, -0.1) is 0 Å². The second-order valence-electron chi connectivity index (χ2n) is 4.70. The number of ether oxygens (including phenoxy) is 1. The summed E-state index contributed by atoms with van der Waals surface area (Å²) in [5.74, 6) is 0. The highest BCUT2D eigenvalue weighted by molar-refractivity contribution is 6.31. The van der Waals surface area contributed by atoms with Gasteiger partial charge in [0, 0.05) is 24.7 Å². The Balaban J connectivity index is 1.75. The predicted molar refractivity (Wildman–Crippen MR) is 71.5 cm³/mol. The molecule has 1 fully saturated rings. The number of hydrogen-bond donors (Lipinski definition) is 1. The second-order valence-corrected chi connectivity index (χ2v) is 5.11. The van der Waals surface area contributed by atoms with E-state index >= 15 is 0 Å². The monoisotopic (exact) mass is 253 g/mol. The Morgan fingerprint density at radius 1 is 1.41 bits per heavy atom. The molecule has 1 saturated heterocycles. The maximum absolute atomic E-state index is 6.09. The molecule has 1 unspecified atom stereocenters. The van der Waals surface area contributed by atoms with Gasteiger partial charge in [-0.25, -0.2) is 0 Å². The van der Waals surface area contributed by atoms with Gasteiger partial charge in [0.15, 0.2) is 0 Å². The summed E-state index contributed by atoms with van der Waals surface area (Å²) in [5, 5.41) is 4.28. The van der Waals surface area contributed by atoms with Gasteiger partial charge in [-0.2, -0.15) is 0 Å². The Hall–Kier alpha value is -0.570. The topological polar surface area (TPSA) is 21.3 Å². The van der Waals surface area contributed by atoms with E-state index < -0.39 is 0 Å². The first-order chi connectivity index (χ1) is 8.25. The first kappa shape index (κ1) is 12.9. The minimum absolute atomic E-state index is 0.393. The van der Waals surface area contributed by atoms with Crippen molar-refractivity contribution in [3.63, 3.8) is 0 Å². The normalized spacial score (nSPS) is 20.5. The van der Waals surface area contributed by atoms with Gasteiger partial charge in [-0.05, 0) is 43.4 Å². The molecule has 1 N–H and O–H groups in total. The standard InChI is InChI=1S/C14H20ClNO/c1-11-5-6-12(8-14(11)15)9-16-10-13-4-2-3-7-17-13/h5-6,8,13,16H,2-4,7,9-10H2,1H3. The molecular formula is C14H20ClNO. The van der Waals surface area contributed by atoms with Crippen LogP contribution >= 0.6 is 11.6 Å². The Labute approximate surface area is 108 Å². The molecule has 0 aliphatic carbocycles. The lowest BCUT2D eigenvalue weighted by molar-refractivity contribution is 0.0168. The molecule has 0 spiro atoms. The van der Waals surface area contributed by atoms with E-state index in [0.717, 1.165) is 30.3 Å². The maximum atomic E-state index is 6.09. The smallest absolute Gasteiger partial charge is 0.0699 e. The molecule has 17 heavy (non-hydrogen) atoms. The average molecular weight is 254 g/mol. The van der Waals surface area contributed by atoms with E-state index in [1.165, 1.54) is 24.8 Å². The molecule has 0 amide bonds. The largest absolute Gasteiger partial charge is 0.377 e. The van der Waals surface area contributed by atoms with E-state index in [-0.39, 0.29) is 0 Å². The van der Waals surface area contributed by atoms with Gasteiger partial charge in [0.2, 0.25) is 0 Å². The van der Waals surface area contributed by atoms with Crippen LogP contribution in [0.25, 0.3) is 0 Å². The molecular weight excluding hydrogens is 234 g/mol. The molecule has 1 heterocycles. The van der Waals surface area contributed by atoms with Crippen LogP contribution in [-0.2, 0) is 11.3 Å². The fourth-order valence-corrected chi connectivity index (χ4v) is 2.30. The van der Waals surface area contributed by atoms with Crippen molar-refractivity contribution >= 4 is 11.6 Å². The highest BCUT2D eigenvalue weighted by Crippen LogP contribution is 2.17. The third-order valence-electron chi connectivity index (χ3n) is 3.21. The van der Waals surface area contributed by atoms with E-state index in [9.17, 15) is 0 Å². The van der Waals surface area contributed by atoms with Crippen LogP contribution in [0.2, 0.25) is 5.02 Å². The molecule has 1 aliphatic rings. The molecule has 1 aliphatic heterocycles. The molecule has 94 valence electrons. The van der Waals surface area contributed by atoms with Gasteiger partial charge in [-0.3, -0.25) is 0 Å². The number of aryl methyl sites for hydroxylation is 1. The van der Waals surface area contributed by atoms with Gasteiger partial charge >= 0.3 is 0 Å². The van der Waals surface area contributed by atoms with Crippen LogP contribution < -0.4 is 5.32 Å². The third kappa shape index (κ3) is 3.98. The van der Waals surface area contributed by atoms with Gasteiger partial charge < -0.3 is 10.1 Å². The van der Waals surface area contributed by atoms with E-state index in [0.29, 0.717) is 6.10 Å². The molecule has 1 aromatic rings. The molecule has 3 heteroatoms. The molecule has 2 nitrogen and oxygen atoms in total. The zero-order valence-corrected chi connectivity index (χ0v) is 11.1. The van der Waals surface area contributed by atoms with E-state index in [1.807, 2.05) is 13.0 Å². The van der Waals surface area contributed by atoms with Crippen molar-refractivity contribution in [1.82, 2.24) is 5.32 Å². The Bertz CT molecular complexity index is 361. The second kappa shape index (κ2) is 6.39. The average Bonchev–Trinajstić information content (AvgIpc) is 2.35. The van der Waals surface area contributed by atoms with E-state index in [1.54, 1.807) is 0 Å². The number of halogens is 1. The van der Waals surface area contributed by atoms with Crippen LogP contribution in [-0.4, -0.2) is 19.3 Å². The highest BCUT2D eigenvalue weighted by Gasteiger charge is 2.12. The summed E-state index contributed by atoms with van der Waals surface area (Å²) in [7, 11) is 0. The minimum Gasteiger partial charge on any atom is -0.377 e. The lowest BCUT2D eigenvalue weighted by atomic mass is 10.1. The molecule has 2 rings (SSSR count). The van der Waals surface area contributed by atoms with Crippen molar-refractivity contribution in [1.29, 1.82) is 0 Å². The molecule has 1 aromatic carbocycles. The van der Waals surface area contributed by atoms with Crippen molar-refractivity contribution in [2.24, 2.45) is 0 Å². The number of rotatable bonds is 4. The zero-order chi connectivity index (χ0) is 12.1. The lowest BCUT2D eigenvalue weighted by Gasteiger charge is -2.22. The van der Waals surface area contributed by atoms with Crippen LogP contribution in [0.15, 0.2) is 18.2 Å². The molecule has 0 radical (unpaired) electrons. The summed E-state index contributed by atoms with van der Waals surface area (Å²) in [6.07, 6.45) is 4.08. The summed E-state index contributed by atoms with van der Waals surface area (Å²) < 4.78 is 5.67. The van der Waals surface area contributed by atoms with Gasteiger partial charge in [-0.1, -0.05) is 23.7 Å². The summed E-state index contributed by atoms with van der Waals surface area (Å²) in [6, 6.07) is 6.22. The number of hydrogen-bond acceptors (Lipinski definition) is 2.